The summed E-state index contributed by atoms with van der Waals surface area (Å²) in [6.45, 7) is -0.804. The van der Waals surface area contributed by atoms with Gasteiger partial charge in [-0.1, -0.05) is 55.0 Å². The van der Waals surface area contributed by atoms with Crippen LogP contribution in [0.2, 0.25) is 0 Å². The third kappa shape index (κ3) is 4.35. The van der Waals surface area contributed by atoms with Gasteiger partial charge in [-0.3, -0.25) is 4.79 Å². The van der Waals surface area contributed by atoms with Crippen LogP contribution in [0.25, 0.3) is 11.1 Å². The number of carboxylic acid groups (broad SMARTS) is 1. The van der Waals surface area contributed by atoms with Gasteiger partial charge < -0.3 is 20.1 Å². The molecule has 1 saturated heterocycles. The summed E-state index contributed by atoms with van der Waals surface area (Å²) in [5.74, 6) is -6.22. The third-order valence-corrected chi connectivity index (χ3v) is 7.32. The van der Waals surface area contributed by atoms with E-state index in [2.05, 4.69) is 5.32 Å². The first-order valence-electron chi connectivity index (χ1n) is 11.8. The van der Waals surface area contributed by atoms with Crippen molar-refractivity contribution in [2.24, 2.45) is 5.92 Å². The van der Waals surface area contributed by atoms with E-state index >= 15 is 0 Å². The number of nitrogens with zero attached hydrogens (tertiary/aromatic N) is 1. The molecule has 0 radical (unpaired) electrons. The van der Waals surface area contributed by atoms with Crippen LogP contribution in [-0.2, 0) is 14.3 Å². The summed E-state index contributed by atoms with van der Waals surface area (Å²) < 4.78 is 33.3. The highest BCUT2D eigenvalue weighted by molar-refractivity contribution is 5.87. The molecule has 2 N–H and O–H groups in total. The fourth-order valence-corrected chi connectivity index (χ4v) is 5.70. The summed E-state index contributed by atoms with van der Waals surface area (Å²) in [5, 5.41) is 12.0. The maximum absolute atomic E-state index is 13.9. The molecule has 1 heterocycles. The number of halogens is 2. The Hall–Kier alpha value is -3.49. The smallest absolute Gasteiger partial charge is 0.407 e. The average molecular weight is 484 g/mol. The van der Waals surface area contributed by atoms with Gasteiger partial charge in [-0.25, -0.2) is 18.4 Å². The second-order valence-electron chi connectivity index (χ2n) is 9.49. The molecule has 5 rings (SSSR count). The van der Waals surface area contributed by atoms with Crippen molar-refractivity contribution in [2.45, 2.75) is 49.6 Å². The molecule has 2 aromatic rings. The van der Waals surface area contributed by atoms with Gasteiger partial charge in [-0.15, -0.1) is 0 Å². The normalized spacial score (nSPS) is 24.6. The first-order chi connectivity index (χ1) is 16.7. The zero-order valence-corrected chi connectivity index (χ0v) is 19.0. The fraction of sp³-hybridized carbons (Fsp3) is 0.423. The quantitative estimate of drug-likeness (QED) is 0.669. The van der Waals surface area contributed by atoms with Gasteiger partial charge in [-0.2, -0.15) is 0 Å². The number of amides is 2. The van der Waals surface area contributed by atoms with Gasteiger partial charge in [0.25, 0.3) is 5.92 Å². The molecular formula is C26H26F2N2O5. The highest BCUT2D eigenvalue weighted by Gasteiger charge is 2.52. The van der Waals surface area contributed by atoms with E-state index in [0.29, 0.717) is 19.3 Å². The van der Waals surface area contributed by atoms with E-state index < -0.39 is 54.9 Å². The summed E-state index contributed by atoms with van der Waals surface area (Å²) in [7, 11) is 0. The van der Waals surface area contributed by atoms with E-state index in [1.54, 1.807) is 0 Å². The zero-order valence-electron chi connectivity index (χ0n) is 19.0. The second-order valence-corrected chi connectivity index (χ2v) is 9.49. The van der Waals surface area contributed by atoms with Crippen LogP contribution in [0.3, 0.4) is 0 Å². The van der Waals surface area contributed by atoms with Crippen molar-refractivity contribution in [3.8, 4) is 11.1 Å². The van der Waals surface area contributed by atoms with Crippen molar-refractivity contribution in [3.05, 3.63) is 59.7 Å². The largest absolute Gasteiger partial charge is 0.480 e. The number of rotatable bonds is 5. The van der Waals surface area contributed by atoms with Crippen molar-refractivity contribution in [1.29, 1.82) is 0 Å². The first-order valence-corrected chi connectivity index (χ1v) is 11.8. The van der Waals surface area contributed by atoms with Crippen molar-refractivity contribution < 1.29 is 33.0 Å². The van der Waals surface area contributed by atoms with Crippen LogP contribution in [0.4, 0.5) is 13.6 Å². The van der Waals surface area contributed by atoms with Gasteiger partial charge in [0.1, 0.15) is 12.6 Å². The Balaban J connectivity index is 1.24. The van der Waals surface area contributed by atoms with Crippen LogP contribution < -0.4 is 5.32 Å². The number of ether oxygens (including phenoxy) is 1. The maximum Gasteiger partial charge on any atom is 0.407 e. The number of nitrogens with one attached hydrogen (secondary N) is 1. The van der Waals surface area contributed by atoms with Gasteiger partial charge in [-0.05, 0) is 35.1 Å². The van der Waals surface area contributed by atoms with Crippen LogP contribution in [0, 0.1) is 5.92 Å². The number of hydrogen-bond donors (Lipinski definition) is 2. The second kappa shape index (κ2) is 8.94. The van der Waals surface area contributed by atoms with E-state index in [-0.39, 0.29) is 12.5 Å². The van der Waals surface area contributed by atoms with Gasteiger partial charge in [0, 0.05) is 18.4 Å². The average Bonchev–Trinajstić information content (AvgIpc) is 3.51. The molecule has 2 aliphatic carbocycles. The summed E-state index contributed by atoms with van der Waals surface area (Å²) >= 11 is 0. The molecule has 2 fully saturated rings. The molecule has 0 spiro atoms. The lowest BCUT2D eigenvalue weighted by molar-refractivity contribution is -0.150. The van der Waals surface area contributed by atoms with Crippen molar-refractivity contribution >= 4 is 18.0 Å². The molecule has 1 aliphatic heterocycles. The Bertz CT molecular complexity index is 1120. The lowest BCUT2D eigenvalue weighted by atomic mass is 9.98. The van der Waals surface area contributed by atoms with Gasteiger partial charge >= 0.3 is 12.1 Å². The molecule has 3 atom stereocenters. The molecular weight excluding hydrogens is 458 g/mol. The number of aliphatic carboxylic acids is 1. The number of alkyl halides is 2. The third-order valence-electron chi connectivity index (χ3n) is 7.32. The standard InChI is InChI=1S/C26H26F2N2O5/c27-26(28)12-22(24(32)33)30(14-26)23(31)19-10-5-11-21(19)29-25(34)35-13-20-17-8-3-1-6-15(17)16-7-2-4-9-18(16)20/h1-4,6-9,19-22H,5,10-14H2,(H,29,34)(H,32,33)/t19-,21+,22?/m1/s1. The molecule has 2 amide bonds. The lowest BCUT2D eigenvalue weighted by Crippen LogP contribution is -2.49. The highest BCUT2D eigenvalue weighted by atomic mass is 19.3. The number of alkyl carbamates (subject to hydrolysis) is 1. The number of carbonyl (C=O) groups excluding carboxylic acids is 2. The molecule has 3 aliphatic rings. The van der Waals surface area contributed by atoms with Gasteiger partial charge in [0.2, 0.25) is 5.91 Å². The molecule has 1 unspecified atom stereocenters. The number of hydrogen-bond acceptors (Lipinski definition) is 4. The van der Waals surface area contributed by atoms with Crippen LogP contribution >= 0.6 is 0 Å². The minimum atomic E-state index is -3.24. The molecule has 1 saturated carbocycles. The first kappa shape index (κ1) is 23.3. The van der Waals surface area contributed by atoms with E-state index in [9.17, 15) is 28.3 Å². The topological polar surface area (TPSA) is 95.9 Å². The van der Waals surface area contributed by atoms with Gasteiger partial charge in [0.15, 0.2) is 0 Å². The lowest BCUT2D eigenvalue weighted by Gasteiger charge is -2.27. The Morgan fingerprint density at radius 3 is 2.29 bits per heavy atom. The number of fused-ring (bicyclic) bond motifs is 3. The van der Waals surface area contributed by atoms with Crippen molar-refractivity contribution in [2.75, 3.05) is 13.2 Å². The summed E-state index contributed by atoms with van der Waals surface area (Å²) in [6, 6.07) is 13.8. The van der Waals surface area contributed by atoms with Gasteiger partial charge in [0.05, 0.1) is 12.5 Å². The van der Waals surface area contributed by atoms with E-state index in [1.807, 2.05) is 48.5 Å². The van der Waals surface area contributed by atoms with Crippen LogP contribution in [0.1, 0.15) is 42.7 Å². The minimum absolute atomic E-state index is 0.114. The van der Waals surface area contributed by atoms with Crippen LogP contribution in [-0.4, -0.2) is 59.1 Å². The van der Waals surface area contributed by atoms with E-state index in [4.69, 9.17) is 4.74 Å². The molecule has 2 aromatic carbocycles. The minimum Gasteiger partial charge on any atom is -0.480 e. The number of likely N-dealkylation sites (tertiary alicyclic amines) is 1. The molecule has 35 heavy (non-hydrogen) atoms. The monoisotopic (exact) mass is 484 g/mol. The van der Waals surface area contributed by atoms with Crippen LogP contribution in [0.15, 0.2) is 48.5 Å². The van der Waals surface area contributed by atoms with Crippen molar-refractivity contribution in [1.82, 2.24) is 10.2 Å². The summed E-state index contributed by atoms with van der Waals surface area (Å²) in [4.78, 5) is 37.9. The highest BCUT2D eigenvalue weighted by Crippen LogP contribution is 2.44. The van der Waals surface area contributed by atoms with E-state index in [0.717, 1.165) is 27.2 Å². The fourth-order valence-electron chi connectivity index (χ4n) is 5.70. The number of carboxylic acids is 1. The van der Waals surface area contributed by atoms with Crippen molar-refractivity contribution in [3.63, 3.8) is 0 Å². The predicted molar refractivity (Wildman–Crippen MR) is 122 cm³/mol. The maximum atomic E-state index is 13.9. The Morgan fingerprint density at radius 2 is 1.66 bits per heavy atom. The SMILES string of the molecule is O=C(N[C@H]1CCC[C@H]1C(=O)N1CC(F)(F)CC1C(=O)O)OCC1c2ccccc2-c2ccccc21. The Kier molecular flexibility index (Phi) is 5.94. The number of carbonyl (C=O) groups is 3. The molecule has 0 aromatic heterocycles. The van der Waals surface area contributed by atoms with Crippen LogP contribution in [0.5, 0.6) is 0 Å². The van der Waals surface area contributed by atoms with E-state index in [1.165, 1.54) is 0 Å². The predicted octanol–water partition coefficient (Wildman–Crippen LogP) is 4.01. The molecule has 7 nitrogen and oxygen atoms in total. The molecule has 9 heteroatoms. The molecule has 184 valence electrons. The summed E-state index contributed by atoms with van der Waals surface area (Å²) in [6.07, 6.45) is -0.0830. The Labute approximate surface area is 201 Å². The zero-order chi connectivity index (χ0) is 24.7. The molecule has 0 bridgehead atoms. The number of benzene rings is 2. The summed E-state index contributed by atoms with van der Waals surface area (Å²) in [5.41, 5.74) is 4.36. The Morgan fingerprint density at radius 1 is 1.03 bits per heavy atom.